The number of rotatable bonds is 4. The number of nitrogens with one attached hydrogen (secondary N) is 1. The number of ether oxygens (including phenoxy) is 1. The minimum atomic E-state index is -0.522. The van der Waals surface area contributed by atoms with Crippen LogP contribution >= 0.6 is 0 Å². The van der Waals surface area contributed by atoms with Crippen LogP contribution in [0.3, 0.4) is 0 Å². The summed E-state index contributed by atoms with van der Waals surface area (Å²) < 4.78 is 22.6. The Balaban J connectivity index is 1.85. The Labute approximate surface area is 146 Å². The van der Waals surface area contributed by atoms with Crippen molar-refractivity contribution in [3.63, 3.8) is 0 Å². The monoisotopic (exact) mass is 352 g/mol. The van der Waals surface area contributed by atoms with Gasteiger partial charge in [-0.1, -0.05) is 0 Å². The molecule has 0 bridgehead atoms. The summed E-state index contributed by atoms with van der Waals surface area (Å²) in [5.41, 5.74) is 0.813. The zero-order chi connectivity index (χ0) is 18.1. The van der Waals surface area contributed by atoms with Gasteiger partial charge in [-0.2, -0.15) is 15.3 Å². The van der Waals surface area contributed by atoms with E-state index in [1.165, 1.54) is 30.3 Å². The first kappa shape index (κ1) is 15.8. The highest BCUT2D eigenvalue weighted by Crippen LogP contribution is 2.20. The van der Waals surface area contributed by atoms with Crippen LogP contribution in [0, 0.1) is 5.82 Å². The maximum absolute atomic E-state index is 14.7. The van der Waals surface area contributed by atoms with Gasteiger partial charge in [0, 0.05) is 24.7 Å². The fraction of sp³-hybridized carbons (Fsp3) is 0.0588. The minimum Gasteiger partial charge on any atom is -0.491 e. The van der Waals surface area contributed by atoms with Crippen molar-refractivity contribution in [2.45, 2.75) is 0 Å². The van der Waals surface area contributed by atoms with E-state index in [4.69, 9.17) is 4.74 Å². The third-order valence-corrected chi connectivity index (χ3v) is 3.81. The Kier molecular flexibility index (Phi) is 3.81. The largest absolute Gasteiger partial charge is 0.491 e. The fourth-order valence-corrected chi connectivity index (χ4v) is 2.55. The fourth-order valence-electron chi connectivity index (χ4n) is 2.55. The van der Waals surface area contributed by atoms with E-state index >= 15 is 0 Å². The Morgan fingerprint density at radius 2 is 2.08 bits per heavy atom. The molecule has 0 aliphatic rings. The average Bonchev–Trinajstić information content (AvgIpc) is 3.36. The van der Waals surface area contributed by atoms with Crippen molar-refractivity contribution < 1.29 is 9.13 Å². The molecular weight excluding hydrogens is 339 g/mol. The normalized spacial score (nSPS) is 10.8. The third-order valence-electron chi connectivity index (χ3n) is 3.81. The predicted octanol–water partition coefficient (Wildman–Crippen LogP) is 1.96. The van der Waals surface area contributed by atoms with Crippen LogP contribution in [0.5, 0.6) is 5.75 Å². The lowest BCUT2D eigenvalue weighted by molar-refractivity contribution is 0.405. The Hall–Kier alpha value is -3.75. The van der Waals surface area contributed by atoms with Gasteiger partial charge < -0.3 is 4.74 Å². The van der Waals surface area contributed by atoms with E-state index in [1.807, 2.05) is 0 Å². The number of nitrogens with zero attached hydrogens (tertiary/aromatic N) is 5. The van der Waals surface area contributed by atoms with E-state index in [9.17, 15) is 9.18 Å². The topological polar surface area (TPSA) is 90.6 Å². The third kappa shape index (κ3) is 2.65. The molecule has 8 nitrogen and oxygen atoms in total. The molecule has 0 saturated carbocycles. The van der Waals surface area contributed by atoms with Crippen LogP contribution in [0.25, 0.3) is 22.8 Å². The molecule has 0 fully saturated rings. The number of halogens is 1. The van der Waals surface area contributed by atoms with E-state index in [-0.39, 0.29) is 17.1 Å². The second-order valence-electron chi connectivity index (χ2n) is 5.38. The molecule has 9 heteroatoms. The zero-order valence-electron chi connectivity index (χ0n) is 13.6. The number of benzene rings is 1. The first-order valence-electron chi connectivity index (χ1n) is 7.65. The van der Waals surface area contributed by atoms with Crippen molar-refractivity contribution in [1.29, 1.82) is 0 Å². The van der Waals surface area contributed by atoms with E-state index in [0.717, 1.165) is 0 Å². The summed E-state index contributed by atoms with van der Waals surface area (Å²) in [6.07, 6.45) is 6.16. The molecule has 130 valence electrons. The molecule has 1 aromatic carbocycles. The van der Waals surface area contributed by atoms with Gasteiger partial charge in [0.2, 0.25) is 0 Å². The summed E-state index contributed by atoms with van der Waals surface area (Å²) in [7, 11) is 1.37. The molecule has 0 amide bonds. The maximum atomic E-state index is 14.7. The van der Waals surface area contributed by atoms with Crippen LogP contribution < -0.4 is 10.2 Å². The summed E-state index contributed by atoms with van der Waals surface area (Å²) in [6, 6.07) is 7.94. The smallest absolute Gasteiger partial charge is 0.251 e. The molecule has 26 heavy (non-hydrogen) atoms. The van der Waals surface area contributed by atoms with Crippen molar-refractivity contribution in [1.82, 2.24) is 29.8 Å². The predicted molar refractivity (Wildman–Crippen MR) is 91.0 cm³/mol. The van der Waals surface area contributed by atoms with E-state index in [2.05, 4.69) is 20.4 Å². The number of hydrogen-bond acceptors (Lipinski definition) is 5. The van der Waals surface area contributed by atoms with E-state index in [0.29, 0.717) is 11.4 Å². The van der Waals surface area contributed by atoms with Gasteiger partial charge in [0.05, 0.1) is 24.7 Å². The van der Waals surface area contributed by atoms with Crippen LogP contribution in [-0.4, -0.2) is 36.9 Å². The van der Waals surface area contributed by atoms with Gasteiger partial charge >= 0.3 is 0 Å². The van der Waals surface area contributed by atoms with Crippen LogP contribution in [0.4, 0.5) is 4.39 Å². The lowest BCUT2D eigenvalue weighted by Gasteiger charge is -2.11. The molecule has 4 aromatic rings. The van der Waals surface area contributed by atoms with Crippen LogP contribution in [0.15, 0.2) is 59.9 Å². The van der Waals surface area contributed by atoms with Gasteiger partial charge in [-0.3, -0.25) is 9.89 Å². The van der Waals surface area contributed by atoms with Crippen LogP contribution in [-0.2, 0) is 0 Å². The second kappa shape index (κ2) is 6.28. The second-order valence-corrected chi connectivity index (χ2v) is 5.38. The molecule has 4 rings (SSSR count). The molecule has 0 spiro atoms. The lowest BCUT2D eigenvalue weighted by Crippen LogP contribution is -2.17. The molecule has 0 saturated heterocycles. The maximum Gasteiger partial charge on any atom is 0.251 e. The van der Waals surface area contributed by atoms with Gasteiger partial charge in [0.25, 0.3) is 5.43 Å². The van der Waals surface area contributed by atoms with Crippen molar-refractivity contribution in [3.05, 3.63) is 71.2 Å². The summed E-state index contributed by atoms with van der Waals surface area (Å²) in [5.74, 6) is -0.480. The molecule has 3 heterocycles. The summed E-state index contributed by atoms with van der Waals surface area (Å²) in [6.45, 7) is 0. The van der Waals surface area contributed by atoms with Gasteiger partial charge in [-0.05, 0) is 24.3 Å². The van der Waals surface area contributed by atoms with Crippen molar-refractivity contribution in [3.8, 4) is 28.5 Å². The van der Waals surface area contributed by atoms with Gasteiger partial charge in [-0.25, -0.2) is 13.8 Å². The standard InChI is InChI=1S/C17H13FN6O2/c1-26-15-10-24(22-16(17(15)25)13-5-7-19-21-13)14-4-3-11(9-12(14)18)23-8-2-6-20-23/h2-10H,1H3,(H,19,21). The number of aromatic amines is 1. The Morgan fingerprint density at radius 3 is 2.73 bits per heavy atom. The van der Waals surface area contributed by atoms with Crippen LogP contribution in [0.1, 0.15) is 0 Å². The molecular formula is C17H13FN6O2. The zero-order valence-corrected chi connectivity index (χ0v) is 13.6. The van der Waals surface area contributed by atoms with Crippen molar-refractivity contribution >= 4 is 0 Å². The van der Waals surface area contributed by atoms with E-state index < -0.39 is 11.2 Å². The molecule has 0 aliphatic heterocycles. The molecule has 3 aromatic heterocycles. The summed E-state index contributed by atoms with van der Waals surface area (Å²) in [4.78, 5) is 12.4. The van der Waals surface area contributed by atoms with Gasteiger partial charge in [-0.15, -0.1) is 0 Å². The number of aromatic nitrogens is 6. The summed E-state index contributed by atoms with van der Waals surface area (Å²) >= 11 is 0. The van der Waals surface area contributed by atoms with E-state index in [1.54, 1.807) is 41.3 Å². The SMILES string of the molecule is COc1cn(-c2ccc(-n3cccn3)cc2F)nc(-c2ccn[nH]2)c1=O. The summed E-state index contributed by atoms with van der Waals surface area (Å²) in [5, 5.41) is 14.8. The highest BCUT2D eigenvalue weighted by molar-refractivity contribution is 5.55. The average molecular weight is 352 g/mol. The van der Waals surface area contributed by atoms with Gasteiger partial charge in [0.1, 0.15) is 5.69 Å². The lowest BCUT2D eigenvalue weighted by atomic mass is 10.2. The van der Waals surface area contributed by atoms with Gasteiger partial charge in [0.15, 0.2) is 17.3 Å². The molecule has 0 unspecified atom stereocenters. The highest BCUT2D eigenvalue weighted by Gasteiger charge is 2.16. The minimum absolute atomic E-state index is 0.0418. The highest BCUT2D eigenvalue weighted by atomic mass is 19.1. The Morgan fingerprint density at radius 1 is 1.19 bits per heavy atom. The molecule has 0 radical (unpaired) electrons. The number of H-pyrrole nitrogens is 1. The number of methoxy groups -OCH3 is 1. The van der Waals surface area contributed by atoms with Crippen molar-refractivity contribution in [2.24, 2.45) is 0 Å². The number of hydrogen-bond donors (Lipinski definition) is 1. The molecule has 0 atom stereocenters. The molecule has 1 N–H and O–H groups in total. The quantitative estimate of drug-likeness (QED) is 0.606. The van der Waals surface area contributed by atoms with Crippen molar-refractivity contribution in [2.75, 3.05) is 7.11 Å². The Bertz CT molecular complexity index is 1100. The first-order chi connectivity index (χ1) is 12.7. The molecule has 0 aliphatic carbocycles. The first-order valence-corrected chi connectivity index (χ1v) is 7.65. The van der Waals surface area contributed by atoms with Crippen LogP contribution in [0.2, 0.25) is 0 Å².